The number of nitrogens with two attached hydrogens (primary N) is 1. The second-order valence-corrected chi connectivity index (χ2v) is 10.8. The van der Waals surface area contributed by atoms with Crippen LogP contribution < -0.4 is 27.0 Å². The highest BCUT2D eigenvalue weighted by atomic mass is 127. The lowest BCUT2D eigenvalue weighted by atomic mass is 10.0. The molecule has 0 unspecified atom stereocenters. The molecule has 0 aliphatic heterocycles. The number of benzene rings is 1. The molecule has 42 heavy (non-hydrogen) atoms. The second-order valence-electron chi connectivity index (χ2n) is 9.72. The zero-order chi connectivity index (χ0) is 31.7. The van der Waals surface area contributed by atoms with E-state index in [0.29, 0.717) is 22.1 Å². The fourth-order valence-corrected chi connectivity index (χ4v) is 3.99. The van der Waals surface area contributed by atoms with Gasteiger partial charge < -0.3 is 41.4 Å². The third-order valence-corrected chi connectivity index (χ3v) is 6.36. The van der Waals surface area contributed by atoms with E-state index in [1.54, 1.807) is 38.1 Å². The molecule has 6 amide bonds. The van der Waals surface area contributed by atoms with Crippen LogP contribution in [0.5, 0.6) is 0 Å². The molecule has 1 aromatic carbocycles. The first kappa shape index (κ1) is 36.4. The molecule has 15 heteroatoms. The summed E-state index contributed by atoms with van der Waals surface area (Å²) in [5.41, 5.74) is 6.21. The van der Waals surface area contributed by atoms with Crippen molar-refractivity contribution in [2.24, 2.45) is 11.7 Å². The average Bonchev–Trinajstić information content (AvgIpc) is 2.92. The van der Waals surface area contributed by atoms with Gasteiger partial charge in [-0.2, -0.15) is 0 Å². The topological polar surface area (TPSA) is 198 Å². The minimum absolute atomic E-state index is 0.0175. The molecular formula is C27H41IN6O8. The minimum atomic E-state index is -0.960. The molecule has 1 aromatic rings. The van der Waals surface area contributed by atoms with Gasteiger partial charge in [0, 0.05) is 37.1 Å². The predicted octanol–water partition coefficient (Wildman–Crippen LogP) is 1.66. The fourth-order valence-electron chi connectivity index (χ4n) is 3.50. The highest BCUT2D eigenvalue weighted by molar-refractivity contribution is 14.1. The van der Waals surface area contributed by atoms with Gasteiger partial charge in [0.1, 0.15) is 25.3 Å². The summed E-state index contributed by atoms with van der Waals surface area (Å²) in [4.78, 5) is 73.6. The van der Waals surface area contributed by atoms with Gasteiger partial charge in [-0.1, -0.05) is 48.6 Å². The van der Waals surface area contributed by atoms with Crippen LogP contribution in [0.3, 0.4) is 0 Å². The van der Waals surface area contributed by atoms with Gasteiger partial charge in [0.25, 0.3) is 0 Å². The SMILES string of the molecule is CC(=O)OCCN(C)C(=O)OCc1ccc(NC(=O)[C@H](CCCNC(N)=O)NC(=O)[C@@H](NC(=O)CCI)C(C)C)cc1. The largest absolute Gasteiger partial charge is 0.464 e. The van der Waals surface area contributed by atoms with E-state index in [2.05, 4.69) is 43.9 Å². The summed E-state index contributed by atoms with van der Waals surface area (Å²) < 4.78 is 10.7. The van der Waals surface area contributed by atoms with Crippen molar-refractivity contribution in [1.82, 2.24) is 20.9 Å². The molecule has 0 aromatic heterocycles. The Morgan fingerprint density at radius 1 is 1.00 bits per heavy atom. The van der Waals surface area contributed by atoms with E-state index in [1.807, 2.05) is 0 Å². The van der Waals surface area contributed by atoms with Gasteiger partial charge in [-0.15, -0.1) is 0 Å². The van der Waals surface area contributed by atoms with E-state index in [4.69, 9.17) is 15.2 Å². The van der Waals surface area contributed by atoms with Crippen molar-refractivity contribution < 1.29 is 38.2 Å². The summed E-state index contributed by atoms with van der Waals surface area (Å²) in [6.45, 7) is 5.30. The van der Waals surface area contributed by atoms with E-state index >= 15 is 0 Å². The zero-order valence-corrected chi connectivity index (χ0v) is 26.5. The molecule has 14 nitrogen and oxygen atoms in total. The number of carbonyl (C=O) groups excluding carboxylic acids is 6. The lowest BCUT2D eigenvalue weighted by molar-refractivity contribution is -0.141. The number of alkyl halides is 1. The predicted molar refractivity (Wildman–Crippen MR) is 164 cm³/mol. The van der Waals surface area contributed by atoms with E-state index in [9.17, 15) is 28.8 Å². The Bertz CT molecular complexity index is 1070. The number of hydrogen-bond donors (Lipinski definition) is 5. The van der Waals surface area contributed by atoms with E-state index in [1.165, 1.54) is 18.9 Å². The van der Waals surface area contributed by atoms with Crippen molar-refractivity contribution in [3.05, 3.63) is 29.8 Å². The summed E-state index contributed by atoms with van der Waals surface area (Å²) >= 11 is 2.07. The van der Waals surface area contributed by atoms with Crippen molar-refractivity contribution in [1.29, 1.82) is 0 Å². The van der Waals surface area contributed by atoms with Crippen LogP contribution in [0.2, 0.25) is 0 Å². The number of rotatable bonds is 17. The number of ether oxygens (including phenoxy) is 2. The molecular weight excluding hydrogens is 663 g/mol. The highest BCUT2D eigenvalue weighted by Gasteiger charge is 2.28. The summed E-state index contributed by atoms with van der Waals surface area (Å²) in [5, 5.41) is 10.7. The summed E-state index contributed by atoms with van der Waals surface area (Å²) in [6.07, 6.45) is 0.230. The standard InChI is InChI=1S/C27H41IN6O8/c1-17(2)23(33-22(36)11-12-28)25(38)32-21(6-5-13-30-26(29)39)24(37)31-20-9-7-19(8-10-20)16-42-27(40)34(4)14-15-41-18(3)35/h7-10,17,21,23H,5-6,11-16H2,1-4H3,(H,31,37)(H,32,38)(H,33,36)(H3,29,30,39)/t21-,23-/m0/s1. The number of hydrogen-bond acceptors (Lipinski definition) is 8. The molecule has 0 heterocycles. The van der Waals surface area contributed by atoms with E-state index in [-0.39, 0.29) is 51.0 Å². The van der Waals surface area contributed by atoms with Gasteiger partial charge >= 0.3 is 18.1 Å². The van der Waals surface area contributed by atoms with E-state index < -0.39 is 42.0 Å². The Morgan fingerprint density at radius 2 is 1.67 bits per heavy atom. The Kier molecular flexibility index (Phi) is 16.9. The Labute approximate surface area is 259 Å². The van der Waals surface area contributed by atoms with Crippen LogP contribution >= 0.6 is 22.6 Å². The number of primary amides is 1. The molecule has 0 fully saturated rings. The molecule has 0 radical (unpaired) electrons. The maximum Gasteiger partial charge on any atom is 0.409 e. The number of urea groups is 1. The van der Waals surface area contributed by atoms with Crippen molar-refractivity contribution in [3.63, 3.8) is 0 Å². The van der Waals surface area contributed by atoms with Gasteiger partial charge in [0.2, 0.25) is 17.7 Å². The number of nitrogens with zero attached hydrogens (tertiary/aromatic N) is 1. The summed E-state index contributed by atoms with van der Waals surface area (Å²) in [6, 6.07) is 4.10. The maximum atomic E-state index is 13.2. The molecule has 0 saturated heterocycles. The monoisotopic (exact) mass is 704 g/mol. The first-order valence-electron chi connectivity index (χ1n) is 13.4. The molecule has 0 aliphatic carbocycles. The number of halogens is 1. The number of nitrogens with one attached hydrogen (secondary N) is 4. The van der Waals surface area contributed by atoms with Crippen LogP contribution in [0.25, 0.3) is 0 Å². The van der Waals surface area contributed by atoms with Gasteiger partial charge in [-0.05, 0) is 36.5 Å². The first-order valence-corrected chi connectivity index (χ1v) is 15.0. The van der Waals surface area contributed by atoms with Crippen LogP contribution in [-0.2, 0) is 35.3 Å². The minimum Gasteiger partial charge on any atom is -0.464 e. The smallest absolute Gasteiger partial charge is 0.409 e. The molecule has 2 atom stereocenters. The van der Waals surface area contributed by atoms with Gasteiger partial charge in [0.05, 0.1) is 6.54 Å². The summed E-state index contributed by atoms with van der Waals surface area (Å²) in [7, 11) is 1.52. The first-order chi connectivity index (χ1) is 19.8. The number of esters is 1. The lowest BCUT2D eigenvalue weighted by Gasteiger charge is -2.25. The normalized spacial score (nSPS) is 12.0. The number of likely N-dealkylation sites (N-methyl/N-ethyl adjacent to an activating group) is 1. The van der Waals surface area contributed by atoms with Gasteiger partial charge in [-0.3, -0.25) is 19.2 Å². The summed E-state index contributed by atoms with van der Waals surface area (Å²) in [5.74, 6) is -1.90. The van der Waals surface area contributed by atoms with Crippen LogP contribution in [-0.4, -0.2) is 84.0 Å². The number of amides is 6. The highest BCUT2D eigenvalue weighted by Crippen LogP contribution is 2.13. The van der Waals surface area contributed by atoms with E-state index in [0.717, 1.165) is 0 Å². The molecule has 1 rings (SSSR count). The third-order valence-electron chi connectivity index (χ3n) is 5.82. The molecule has 0 spiro atoms. The quantitative estimate of drug-likeness (QED) is 0.0698. The lowest BCUT2D eigenvalue weighted by Crippen LogP contribution is -2.54. The fraction of sp³-hybridized carbons (Fsp3) is 0.556. The second kappa shape index (κ2) is 19.5. The zero-order valence-electron chi connectivity index (χ0n) is 24.4. The molecule has 234 valence electrons. The van der Waals surface area contributed by atoms with Crippen LogP contribution in [0.15, 0.2) is 24.3 Å². The van der Waals surface area contributed by atoms with Gasteiger partial charge in [0.15, 0.2) is 0 Å². The van der Waals surface area contributed by atoms with Crippen LogP contribution in [0, 0.1) is 5.92 Å². The van der Waals surface area contributed by atoms with Crippen molar-refractivity contribution in [3.8, 4) is 0 Å². The van der Waals surface area contributed by atoms with Crippen molar-refractivity contribution >= 4 is 64.1 Å². The Hall–Kier alpha value is -3.63. The average molecular weight is 705 g/mol. The van der Waals surface area contributed by atoms with Gasteiger partial charge in [-0.25, -0.2) is 9.59 Å². The molecule has 0 aliphatic rings. The third kappa shape index (κ3) is 14.8. The van der Waals surface area contributed by atoms with Crippen molar-refractivity contribution in [2.45, 2.75) is 58.7 Å². The molecule has 0 bridgehead atoms. The molecule has 6 N–H and O–H groups in total. The molecule has 0 saturated carbocycles. The van der Waals surface area contributed by atoms with Crippen LogP contribution in [0.4, 0.5) is 15.3 Å². The Morgan fingerprint density at radius 3 is 2.24 bits per heavy atom. The maximum absolute atomic E-state index is 13.2. The number of anilines is 1. The van der Waals surface area contributed by atoms with Crippen molar-refractivity contribution in [2.75, 3.05) is 36.5 Å². The van der Waals surface area contributed by atoms with Crippen LogP contribution in [0.1, 0.15) is 45.6 Å². The number of carbonyl (C=O) groups is 6. The Balaban J connectivity index is 2.82.